The number of methoxy groups -OCH3 is 1. The molecular weight excluding hydrogens is 322 g/mol. The maximum atomic E-state index is 12.5. The third-order valence-electron chi connectivity index (χ3n) is 5.42. The molecule has 0 amide bonds. The van der Waals surface area contributed by atoms with Gasteiger partial charge in [0.2, 0.25) is 5.70 Å². The predicted molar refractivity (Wildman–Crippen MR) is 96.3 cm³/mol. The summed E-state index contributed by atoms with van der Waals surface area (Å²) >= 11 is 1.67. The van der Waals surface area contributed by atoms with Gasteiger partial charge in [-0.2, -0.15) is 4.98 Å². The fraction of sp³-hybridized carbons (Fsp3) is 0.333. The second-order valence-electron chi connectivity index (χ2n) is 6.41. The first kappa shape index (κ1) is 15.5. The summed E-state index contributed by atoms with van der Waals surface area (Å²) in [6, 6.07) is 0. The van der Waals surface area contributed by atoms with Crippen LogP contribution in [0.4, 0.5) is 5.95 Å². The summed E-state index contributed by atoms with van der Waals surface area (Å²) < 4.78 is 7.61. The van der Waals surface area contributed by atoms with E-state index >= 15 is 0 Å². The zero-order valence-corrected chi connectivity index (χ0v) is 15.1. The van der Waals surface area contributed by atoms with Crippen molar-refractivity contribution in [2.75, 3.05) is 20.4 Å². The van der Waals surface area contributed by atoms with Crippen molar-refractivity contribution in [1.82, 2.24) is 14.0 Å². The molecule has 5 nitrogen and oxygen atoms in total. The Morgan fingerprint density at radius 2 is 2.29 bits per heavy atom. The third-order valence-corrected chi connectivity index (χ3v) is 6.13. The van der Waals surface area contributed by atoms with Crippen molar-refractivity contribution in [1.29, 1.82) is 0 Å². The Balaban J connectivity index is 2.10. The highest BCUT2D eigenvalue weighted by Crippen LogP contribution is 2.57. The molecule has 0 radical (unpaired) electrons. The van der Waals surface area contributed by atoms with Gasteiger partial charge in [-0.15, -0.1) is 11.8 Å². The number of quaternary nitrogens is 1. The van der Waals surface area contributed by atoms with Crippen LogP contribution in [0.1, 0.15) is 13.3 Å². The summed E-state index contributed by atoms with van der Waals surface area (Å²) in [6.07, 6.45) is 15.1. The average Bonchev–Trinajstić information content (AvgIpc) is 3.09. The molecule has 2 aliphatic heterocycles. The number of esters is 1. The van der Waals surface area contributed by atoms with Gasteiger partial charge in [-0.1, -0.05) is 18.2 Å². The molecule has 1 aliphatic carbocycles. The summed E-state index contributed by atoms with van der Waals surface area (Å²) in [6.45, 7) is 2.13. The van der Waals surface area contributed by atoms with E-state index < -0.39 is 0 Å². The summed E-state index contributed by atoms with van der Waals surface area (Å²) in [5.74, 6) is 0.549. The van der Waals surface area contributed by atoms with Gasteiger partial charge in [0.05, 0.1) is 26.1 Å². The largest absolute Gasteiger partial charge is 0.462 e. The summed E-state index contributed by atoms with van der Waals surface area (Å²) in [5, 5.41) is 1.08. The van der Waals surface area contributed by atoms with Crippen molar-refractivity contribution in [3.8, 4) is 0 Å². The number of hydrogen-bond donors (Lipinski definition) is 0. The lowest BCUT2D eigenvalue weighted by atomic mass is 9.80. The molecule has 24 heavy (non-hydrogen) atoms. The first-order valence-electron chi connectivity index (χ1n) is 7.87. The molecule has 6 heteroatoms. The monoisotopic (exact) mass is 342 g/mol. The summed E-state index contributed by atoms with van der Waals surface area (Å²) in [7, 11) is 3.49. The molecule has 3 heterocycles. The highest BCUT2D eigenvalue weighted by molar-refractivity contribution is 7.98. The van der Waals surface area contributed by atoms with Crippen LogP contribution in [0.5, 0.6) is 0 Å². The Labute approximate surface area is 145 Å². The number of rotatable bonds is 2. The number of thioether (sulfide) groups is 1. The van der Waals surface area contributed by atoms with Crippen LogP contribution in [-0.2, 0) is 9.53 Å². The number of hydrogen-bond acceptors (Lipinski definition) is 4. The van der Waals surface area contributed by atoms with E-state index in [1.807, 2.05) is 18.3 Å². The first-order chi connectivity index (χ1) is 11.5. The van der Waals surface area contributed by atoms with Crippen LogP contribution in [0.3, 0.4) is 0 Å². The number of aromatic nitrogens is 2. The van der Waals surface area contributed by atoms with E-state index in [4.69, 9.17) is 9.72 Å². The van der Waals surface area contributed by atoms with Gasteiger partial charge in [-0.05, 0) is 24.8 Å². The summed E-state index contributed by atoms with van der Waals surface area (Å²) in [4.78, 5) is 17.3. The van der Waals surface area contributed by atoms with Crippen molar-refractivity contribution in [3.63, 3.8) is 0 Å². The van der Waals surface area contributed by atoms with E-state index in [0.29, 0.717) is 10.2 Å². The minimum atomic E-state index is -0.356. The van der Waals surface area contributed by atoms with Crippen molar-refractivity contribution in [3.05, 3.63) is 47.8 Å². The zero-order valence-electron chi connectivity index (χ0n) is 14.2. The fourth-order valence-electron chi connectivity index (χ4n) is 4.29. The lowest BCUT2D eigenvalue weighted by Gasteiger charge is -2.44. The number of carbonyl (C=O) groups is 1. The number of fused-ring (bicyclic) bond motifs is 3. The van der Waals surface area contributed by atoms with Crippen molar-refractivity contribution in [2.45, 2.75) is 23.9 Å². The Kier molecular flexibility index (Phi) is 3.21. The van der Waals surface area contributed by atoms with E-state index in [0.717, 1.165) is 17.4 Å². The SMILES string of the molecule is COC(=O)C1=CC=CC23CC=CC(C)=C2n2c(SC)cnc2[N+]13C. The van der Waals surface area contributed by atoms with Crippen LogP contribution in [-0.4, -0.2) is 41.5 Å². The van der Waals surface area contributed by atoms with E-state index in [2.05, 4.69) is 43.0 Å². The van der Waals surface area contributed by atoms with Gasteiger partial charge in [0.25, 0.3) is 0 Å². The molecular formula is C18H20N3O2S+. The lowest BCUT2D eigenvalue weighted by molar-refractivity contribution is -0.138. The lowest BCUT2D eigenvalue weighted by Crippen LogP contribution is -2.62. The van der Waals surface area contributed by atoms with Crippen LogP contribution >= 0.6 is 11.8 Å². The van der Waals surface area contributed by atoms with Crippen molar-refractivity contribution in [2.24, 2.45) is 0 Å². The van der Waals surface area contributed by atoms with Crippen LogP contribution < -0.4 is 4.48 Å². The number of likely N-dealkylation sites (N-methyl/N-ethyl adjacent to an activating group) is 1. The Morgan fingerprint density at radius 3 is 3.00 bits per heavy atom. The predicted octanol–water partition coefficient (Wildman–Crippen LogP) is 3.11. The molecule has 0 saturated heterocycles. The smallest absolute Gasteiger partial charge is 0.393 e. The van der Waals surface area contributed by atoms with Gasteiger partial charge < -0.3 is 4.74 Å². The Morgan fingerprint density at radius 1 is 1.50 bits per heavy atom. The van der Waals surface area contributed by atoms with Crippen molar-refractivity contribution < 1.29 is 9.53 Å². The van der Waals surface area contributed by atoms with Crippen LogP contribution in [0.2, 0.25) is 0 Å². The molecule has 2 atom stereocenters. The number of allylic oxidation sites excluding steroid dienone is 4. The molecule has 124 valence electrons. The molecule has 0 N–H and O–H groups in total. The standard InChI is InChI=1S/C18H20N3O2S/c1-12-7-5-9-18-10-6-8-13(16(22)23-3)21(18,2)17-19-11-14(24-4)20(17)15(12)18/h5-8,10-11H,9H2,1-4H3/q+1. The highest BCUT2D eigenvalue weighted by Gasteiger charge is 2.65. The molecule has 0 saturated carbocycles. The number of ether oxygens (including phenoxy) is 1. The van der Waals surface area contributed by atoms with Crippen LogP contribution in [0, 0.1) is 0 Å². The molecule has 3 aliphatic rings. The molecule has 0 bridgehead atoms. The van der Waals surface area contributed by atoms with Crippen molar-refractivity contribution >= 4 is 29.4 Å². The van der Waals surface area contributed by atoms with E-state index in [1.54, 1.807) is 11.8 Å². The topological polar surface area (TPSA) is 44.1 Å². The maximum absolute atomic E-state index is 12.5. The number of nitrogens with zero attached hydrogens (tertiary/aromatic N) is 3. The quantitative estimate of drug-likeness (QED) is 0.471. The Bertz CT molecular complexity index is 877. The van der Waals surface area contributed by atoms with Crippen LogP contribution in [0.25, 0.3) is 5.70 Å². The van der Waals surface area contributed by atoms with Gasteiger partial charge in [-0.3, -0.25) is 0 Å². The average molecular weight is 342 g/mol. The maximum Gasteiger partial charge on any atom is 0.393 e. The first-order valence-corrected chi connectivity index (χ1v) is 9.09. The number of imidazole rings is 1. The van der Waals surface area contributed by atoms with Gasteiger partial charge in [0.1, 0.15) is 5.03 Å². The van der Waals surface area contributed by atoms with Gasteiger partial charge in [0.15, 0.2) is 5.54 Å². The van der Waals surface area contributed by atoms with E-state index in [9.17, 15) is 4.79 Å². The fourth-order valence-corrected chi connectivity index (χ4v) is 4.81. The molecule has 0 fully saturated rings. The number of carbonyl (C=O) groups excluding carboxylic acids is 1. The molecule has 1 aromatic rings. The van der Waals surface area contributed by atoms with Gasteiger partial charge >= 0.3 is 11.9 Å². The molecule has 1 aromatic heterocycles. The minimum absolute atomic E-state index is 0.310. The molecule has 2 unspecified atom stereocenters. The zero-order chi connectivity index (χ0) is 17.1. The molecule has 4 rings (SSSR count). The van der Waals surface area contributed by atoms with Gasteiger partial charge in [0, 0.05) is 12.5 Å². The molecule has 1 spiro atoms. The summed E-state index contributed by atoms with van der Waals surface area (Å²) in [5.41, 5.74) is 2.66. The van der Waals surface area contributed by atoms with Gasteiger partial charge in [-0.25, -0.2) is 13.8 Å². The van der Waals surface area contributed by atoms with E-state index in [1.165, 1.54) is 18.4 Å². The Hall–Kier alpha value is -2.05. The highest BCUT2D eigenvalue weighted by atomic mass is 32.2. The third kappa shape index (κ3) is 1.55. The molecule has 0 aromatic carbocycles. The van der Waals surface area contributed by atoms with E-state index in [-0.39, 0.29) is 11.5 Å². The normalized spacial score (nSPS) is 29.9. The van der Waals surface area contributed by atoms with Crippen LogP contribution in [0.15, 0.2) is 52.9 Å². The second-order valence-corrected chi connectivity index (χ2v) is 7.23. The minimum Gasteiger partial charge on any atom is -0.462 e. The second kappa shape index (κ2) is 4.97.